The van der Waals surface area contributed by atoms with Crippen LogP contribution < -0.4 is 4.74 Å². The van der Waals surface area contributed by atoms with Crippen molar-refractivity contribution in [3.8, 4) is 5.88 Å². The SMILES string of the molecule is O=C(c1ccc(F)cc1)[C@@H]1CCCC[C@H]1C(=O)N1CCOC(COc2ccc(Cl)cn2)C1. The Bertz CT molecular complexity index is 938. The minimum atomic E-state index is -0.381. The molecule has 0 radical (unpaired) electrons. The zero-order chi connectivity index (χ0) is 22.5. The number of morpholine rings is 1. The first-order chi connectivity index (χ1) is 15.5. The summed E-state index contributed by atoms with van der Waals surface area (Å²) in [6.07, 6.45) is 4.42. The normalized spacial score (nSPS) is 23.6. The van der Waals surface area contributed by atoms with E-state index in [-0.39, 0.29) is 42.1 Å². The molecule has 0 spiro atoms. The second kappa shape index (κ2) is 10.4. The molecule has 1 saturated carbocycles. The minimum Gasteiger partial charge on any atom is -0.475 e. The summed E-state index contributed by atoms with van der Waals surface area (Å²) in [6, 6.07) is 8.95. The molecule has 0 N–H and O–H groups in total. The molecule has 8 heteroatoms. The van der Waals surface area contributed by atoms with Crippen LogP contribution in [0.2, 0.25) is 5.02 Å². The first-order valence-electron chi connectivity index (χ1n) is 11.0. The van der Waals surface area contributed by atoms with Gasteiger partial charge in [-0.2, -0.15) is 0 Å². The number of nitrogens with zero attached hydrogens (tertiary/aromatic N) is 2. The fourth-order valence-corrected chi connectivity index (χ4v) is 4.56. The van der Waals surface area contributed by atoms with E-state index in [9.17, 15) is 14.0 Å². The lowest BCUT2D eigenvalue weighted by Crippen LogP contribution is -2.51. The summed E-state index contributed by atoms with van der Waals surface area (Å²) in [5.41, 5.74) is 0.458. The van der Waals surface area contributed by atoms with Crippen molar-refractivity contribution in [2.75, 3.05) is 26.3 Å². The lowest BCUT2D eigenvalue weighted by molar-refractivity contribution is -0.146. The van der Waals surface area contributed by atoms with Gasteiger partial charge in [-0.25, -0.2) is 9.37 Å². The Kier molecular flexibility index (Phi) is 7.37. The Morgan fingerprint density at radius 3 is 2.59 bits per heavy atom. The van der Waals surface area contributed by atoms with Gasteiger partial charge >= 0.3 is 0 Å². The number of rotatable bonds is 6. The van der Waals surface area contributed by atoms with Gasteiger partial charge in [-0.05, 0) is 43.2 Å². The van der Waals surface area contributed by atoms with Crippen LogP contribution in [0, 0.1) is 17.7 Å². The first kappa shape index (κ1) is 22.7. The van der Waals surface area contributed by atoms with E-state index < -0.39 is 0 Å². The highest BCUT2D eigenvalue weighted by molar-refractivity contribution is 6.30. The Labute approximate surface area is 191 Å². The fourth-order valence-electron chi connectivity index (χ4n) is 4.45. The summed E-state index contributed by atoms with van der Waals surface area (Å²) in [4.78, 5) is 32.4. The Morgan fingerprint density at radius 2 is 1.88 bits per heavy atom. The van der Waals surface area contributed by atoms with E-state index in [1.807, 2.05) is 0 Å². The van der Waals surface area contributed by atoms with Crippen LogP contribution in [0.1, 0.15) is 36.0 Å². The summed E-state index contributed by atoms with van der Waals surface area (Å²) in [6.45, 7) is 1.57. The minimum absolute atomic E-state index is 0.0110. The monoisotopic (exact) mass is 460 g/mol. The number of hydrogen-bond acceptors (Lipinski definition) is 5. The molecule has 6 nitrogen and oxygen atoms in total. The summed E-state index contributed by atoms with van der Waals surface area (Å²) < 4.78 is 24.7. The summed E-state index contributed by atoms with van der Waals surface area (Å²) in [5.74, 6) is -0.767. The third-order valence-corrected chi connectivity index (χ3v) is 6.34. The molecule has 2 fully saturated rings. The molecule has 1 aromatic carbocycles. The van der Waals surface area contributed by atoms with Crippen LogP contribution in [-0.4, -0.2) is 54.0 Å². The van der Waals surface area contributed by atoms with Crippen LogP contribution >= 0.6 is 11.6 Å². The highest BCUT2D eigenvalue weighted by Crippen LogP contribution is 2.34. The number of Topliss-reactive ketones (excluding diaryl/α,β-unsaturated/α-hetero) is 1. The predicted molar refractivity (Wildman–Crippen MR) is 117 cm³/mol. The molecule has 2 aromatic rings. The molecule has 1 amide bonds. The second-order valence-electron chi connectivity index (χ2n) is 8.27. The highest BCUT2D eigenvalue weighted by Gasteiger charge is 2.39. The summed E-state index contributed by atoms with van der Waals surface area (Å²) >= 11 is 5.84. The number of carbonyl (C=O) groups is 2. The molecule has 1 saturated heterocycles. The molecule has 1 aromatic heterocycles. The number of carbonyl (C=O) groups excluding carboxylic acids is 2. The van der Waals surface area contributed by atoms with Crippen LogP contribution in [0.25, 0.3) is 0 Å². The van der Waals surface area contributed by atoms with Gasteiger partial charge in [0.1, 0.15) is 18.5 Å². The van der Waals surface area contributed by atoms with E-state index in [4.69, 9.17) is 21.1 Å². The maximum atomic E-state index is 13.4. The van der Waals surface area contributed by atoms with Gasteiger partial charge < -0.3 is 14.4 Å². The van der Waals surface area contributed by atoms with Gasteiger partial charge in [0.25, 0.3) is 0 Å². The lowest BCUT2D eigenvalue weighted by atomic mass is 9.74. The number of amides is 1. The zero-order valence-corrected chi connectivity index (χ0v) is 18.5. The van der Waals surface area contributed by atoms with Gasteiger partial charge in [0, 0.05) is 36.2 Å². The van der Waals surface area contributed by atoms with Crippen LogP contribution in [0.3, 0.4) is 0 Å². The molecule has 1 unspecified atom stereocenters. The number of halogens is 2. The molecule has 1 aliphatic heterocycles. The van der Waals surface area contributed by atoms with Crippen LogP contribution in [0.5, 0.6) is 5.88 Å². The standard InChI is InChI=1S/C24H26ClFN2O4/c25-17-7-10-22(27-13-17)32-15-19-14-28(11-12-31-19)24(30)21-4-2-1-3-20(21)23(29)16-5-8-18(26)9-6-16/h5-10,13,19-21H,1-4,11-12,14-15H2/t19?,20-,21-/m1/s1. The van der Waals surface area contributed by atoms with Gasteiger partial charge in [0.2, 0.25) is 11.8 Å². The van der Waals surface area contributed by atoms with Crippen molar-refractivity contribution in [3.05, 3.63) is 59.0 Å². The van der Waals surface area contributed by atoms with E-state index in [1.165, 1.54) is 30.5 Å². The van der Waals surface area contributed by atoms with E-state index in [2.05, 4.69) is 4.98 Å². The van der Waals surface area contributed by atoms with E-state index in [1.54, 1.807) is 17.0 Å². The van der Waals surface area contributed by atoms with Crippen LogP contribution in [0.4, 0.5) is 4.39 Å². The van der Waals surface area contributed by atoms with Crippen molar-refractivity contribution >= 4 is 23.3 Å². The third-order valence-electron chi connectivity index (χ3n) is 6.12. The number of aromatic nitrogens is 1. The van der Waals surface area contributed by atoms with Gasteiger partial charge in [-0.15, -0.1) is 0 Å². The maximum absolute atomic E-state index is 13.4. The molecule has 170 valence electrons. The van der Waals surface area contributed by atoms with Crippen molar-refractivity contribution in [1.82, 2.24) is 9.88 Å². The molecular formula is C24H26ClFN2O4. The van der Waals surface area contributed by atoms with E-state index in [0.29, 0.717) is 49.0 Å². The van der Waals surface area contributed by atoms with Gasteiger partial charge in [-0.1, -0.05) is 24.4 Å². The molecule has 4 rings (SSSR count). The number of ether oxygens (including phenoxy) is 2. The van der Waals surface area contributed by atoms with Crippen molar-refractivity contribution in [1.29, 1.82) is 0 Å². The van der Waals surface area contributed by atoms with Crippen molar-refractivity contribution in [3.63, 3.8) is 0 Å². The van der Waals surface area contributed by atoms with Crippen molar-refractivity contribution < 1.29 is 23.5 Å². The summed E-state index contributed by atoms with van der Waals surface area (Å²) in [7, 11) is 0. The van der Waals surface area contributed by atoms with E-state index in [0.717, 1.165) is 12.8 Å². The number of benzene rings is 1. The lowest BCUT2D eigenvalue weighted by Gasteiger charge is -2.38. The van der Waals surface area contributed by atoms with Gasteiger partial charge in [0.05, 0.1) is 18.2 Å². The number of hydrogen-bond donors (Lipinski definition) is 0. The summed E-state index contributed by atoms with van der Waals surface area (Å²) in [5, 5.41) is 0.528. The molecular weight excluding hydrogens is 435 g/mol. The average Bonchev–Trinajstić information content (AvgIpc) is 2.83. The quantitative estimate of drug-likeness (QED) is 0.605. The van der Waals surface area contributed by atoms with Gasteiger partial charge in [-0.3, -0.25) is 9.59 Å². The van der Waals surface area contributed by atoms with Gasteiger partial charge in [0.15, 0.2) is 5.78 Å². The predicted octanol–water partition coefficient (Wildman–Crippen LogP) is 4.17. The topological polar surface area (TPSA) is 68.7 Å². The molecule has 3 atom stereocenters. The smallest absolute Gasteiger partial charge is 0.226 e. The Balaban J connectivity index is 1.39. The zero-order valence-electron chi connectivity index (χ0n) is 17.7. The Hall–Kier alpha value is -2.51. The molecule has 2 heterocycles. The van der Waals surface area contributed by atoms with Crippen LogP contribution in [0.15, 0.2) is 42.6 Å². The Morgan fingerprint density at radius 1 is 1.12 bits per heavy atom. The number of pyridine rings is 1. The van der Waals surface area contributed by atoms with E-state index >= 15 is 0 Å². The maximum Gasteiger partial charge on any atom is 0.226 e. The highest BCUT2D eigenvalue weighted by atomic mass is 35.5. The molecule has 2 aliphatic rings. The third kappa shape index (κ3) is 5.45. The number of ketones is 1. The van der Waals surface area contributed by atoms with Crippen molar-refractivity contribution in [2.45, 2.75) is 31.8 Å². The first-order valence-corrected chi connectivity index (χ1v) is 11.3. The average molecular weight is 461 g/mol. The molecule has 0 bridgehead atoms. The van der Waals surface area contributed by atoms with Crippen molar-refractivity contribution in [2.24, 2.45) is 11.8 Å². The fraction of sp³-hybridized carbons (Fsp3) is 0.458. The molecule has 1 aliphatic carbocycles. The molecule has 32 heavy (non-hydrogen) atoms. The largest absolute Gasteiger partial charge is 0.475 e. The van der Waals surface area contributed by atoms with Crippen LogP contribution in [-0.2, 0) is 9.53 Å². The second-order valence-corrected chi connectivity index (χ2v) is 8.71.